The van der Waals surface area contributed by atoms with E-state index < -0.39 is 16.1 Å². The Hall–Kier alpha value is -0.170. The van der Waals surface area contributed by atoms with Crippen LogP contribution in [0.2, 0.25) is 0 Å². The first-order valence-electron chi connectivity index (χ1n) is 4.15. The summed E-state index contributed by atoms with van der Waals surface area (Å²) >= 11 is 0. The van der Waals surface area contributed by atoms with Crippen LogP contribution in [0.15, 0.2) is 0 Å². The highest BCUT2D eigenvalue weighted by atomic mass is 32.3. The lowest BCUT2D eigenvalue weighted by atomic mass is 10.0. The van der Waals surface area contributed by atoms with Crippen molar-refractivity contribution >= 4 is 10.4 Å². The largest absolute Gasteiger partial charge is 0.399 e. The van der Waals surface area contributed by atoms with Crippen LogP contribution in [0, 0.1) is 5.92 Å². The summed E-state index contributed by atoms with van der Waals surface area (Å²) in [5.74, 6) is 0.0828. The molecule has 0 saturated carbocycles. The minimum Gasteiger partial charge on any atom is -0.278 e. The molecule has 0 radical (unpaired) electrons. The number of hydrogen-bond donors (Lipinski definition) is 1. The first-order chi connectivity index (χ1) is 5.76. The van der Waals surface area contributed by atoms with E-state index in [0.717, 1.165) is 13.0 Å². The SMILES string of the molecule is CC1CCN(C)C1(C)OS(=O)(=O)O. The summed E-state index contributed by atoms with van der Waals surface area (Å²) in [6.07, 6.45) is 0.864. The Bertz CT molecular complexity index is 277. The summed E-state index contributed by atoms with van der Waals surface area (Å²) in [6, 6.07) is 0. The maximum absolute atomic E-state index is 10.6. The molecule has 0 amide bonds. The third-order valence-corrected chi connectivity index (χ3v) is 3.39. The van der Waals surface area contributed by atoms with Crippen LogP contribution in [0.25, 0.3) is 0 Å². The van der Waals surface area contributed by atoms with E-state index in [-0.39, 0.29) is 5.92 Å². The molecule has 6 heteroatoms. The first-order valence-corrected chi connectivity index (χ1v) is 5.51. The second-order valence-corrected chi connectivity index (χ2v) is 4.70. The highest BCUT2D eigenvalue weighted by Crippen LogP contribution is 2.35. The highest BCUT2D eigenvalue weighted by molar-refractivity contribution is 7.80. The molecule has 0 spiro atoms. The van der Waals surface area contributed by atoms with Gasteiger partial charge in [0.1, 0.15) is 5.72 Å². The van der Waals surface area contributed by atoms with Gasteiger partial charge in [-0.15, -0.1) is 0 Å². The lowest BCUT2D eigenvalue weighted by molar-refractivity contribution is -0.0555. The lowest BCUT2D eigenvalue weighted by Gasteiger charge is -2.33. The van der Waals surface area contributed by atoms with Crippen molar-refractivity contribution in [3.8, 4) is 0 Å². The number of hydrogen-bond acceptors (Lipinski definition) is 4. The van der Waals surface area contributed by atoms with Crippen LogP contribution >= 0.6 is 0 Å². The van der Waals surface area contributed by atoms with Crippen molar-refractivity contribution in [2.75, 3.05) is 13.6 Å². The van der Waals surface area contributed by atoms with Crippen molar-refractivity contribution in [2.45, 2.75) is 26.0 Å². The molecule has 1 heterocycles. The monoisotopic (exact) mass is 209 g/mol. The standard InChI is InChI=1S/C7H15NO4S/c1-6-4-5-8(3)7(6,2)12-13(9,10)11/h6H,4-5H2,1-3H3,(H,9,10,11). The maximum atomic E-state index is 10.6. The Morgan fingerprint density at radius 1 is 1.62 bits per heavy atom. The van der Waals surface area contributed by atoms with E-state index >= 15 is 0 Å². The van der Waals surface area contributed by atoms with Crippen LogP contribution in [0.3, 0.4) is 0 Å². The first kappa shape index (κ1) is 10.9. The zero-order valence-electron chi connectivity index (χ0n) is 8.02. The lowest BCUT2D eigenvalue weighted by Crippen LogP contribution is -2.46. The van der Waals surface area contributed by atoms with Crippen LogP contribution in [-0.4, -0.2) is 37.2 Å². The van der Waals surface area contributed by atoms with Gasteiger partial charge >= 0.3 is 10.4 Å². The van der Waals surface area contributed by atoms with Gasteiger partial charge < -0.3 is 0 Å². The maximum Gasteiger partial charge on any atom is 0.399 e. The molecule has 78 valence electrons. The number of likely N-dealkylation sites (tertiary alicyclic amines) is 1. The molecule has 0 aromatic heterocycles. The third kappa shape index (κ3) is 2.19. The molecule has 2 atom stereocenters. The molecule has 1 fully saturated rings. The van der Waals surface area contributed by atoms with Crippen LogP contribution in [0.4, 0.5) is 0 Å². The van der Waals surface area contributed by atoms with E-state index in [2.05, 4.69) is 4.18 Å². The van der Waals surface area contributed by atoms with E-state index in [1.54, 1.807) is 18.9 Å². The smallest absolute Gasteiger partial charge is 0.278 e. The summed E-state index contributed by atoms with van der Waals surface area (Å²) in [4.78, 5) is 1.78. The van der Waals surface area contributed by atoms with Crippen molar-refractivity contribution in [1.82, 2.24) is 4.90 Å². The fourth-order valence-corrected chi connectivity index (χ4v) is 2.33. The van der Waals surface area contributed by atoms with Crippen molar-refractivity contribution in [2.24, 2.45) is 5.92 Å². The predicted molar refractivity (Wildman–Crippen MR) is 47.4 cm³/mol. The average molecular weight is 209 g/mol. The van der Waals surface area contributed by atoms with Crippen molar-refractivity contribution in [3.63, 3.8) is 0 Å². The Morgan fingerprint density at radius 2 is 2.15 bits per heavy atom. The fraction of sp³-hybridized carbons (Fsp3) is 1.00. The summed E-state index contributed by atoms with van der Waals surface area (Å²) in [7, 11) is -2.60. The van der Waals surface area contributed by atoms with E-state index in [9.17, 15) is 8.42 Å². The van der Waals surface area contributed by atoms with Gasteiger partial charge in [0.2, 0.25) is 0 Å². The molecule has 1 saturated heterocycles. The zero-order chi connectivity index (χ0) is 10.3. The molecule has 1 N–H and O–H groups in total. The van der Waals surface area contributed by atoms with E-state index in [1.165, 1.54) is 0 Å². The molecule has 0 aliphatic carbocycles. The van der Waals surface area contributed by atoms with Gasteiger partial charge in [0.15, 0.2) is 0 Å². The van der Waals surface area contributed by atoms with Gasteiger partial charge in [0.05, 0.1) is 0 Å². The second kappa shape index (κ2) is 3.20. The molecular formula is C7H15NO4S. The van der Waals surface area contributed by atoms with Crippen LogP contribution in [0.1, 0.15) is 20.3 Å². The average Bonchev–Trinajstić information content (AvgIpc) is 2.14. The molecule has 2 unspecified atom stereocenters. The molecule has 0 aromatic rings. The van der Waals surface area contributed by atoms with E-state index in [4.69, 9.17) is 4.55 Å². The third-order valence-electron chi connectivity index (χ3n) is 2.84. The fourth-order valence-electron chi connectivity index (χ4n) is 1.61. The molecule has 1 rings (SSSR count). The molecule has 5 nitrogen and oxygen atoms in total. The Morgan fingerprint density at radius 3 is 2.46 bits per heavy atom. The summed E-state index contributed by atoms with van der Waals surface area (Å²) < 4.78 is 34.4. The molecule has 0 aromatic carbocycles. The van der Waals surface area contributed by atoms with Crippen molar-refractivity contribution in [3.05, 3.63) is 0 Å². The van der Waals surface area contributed by atoms with E-state index in [0.29, 0.717) is 0 Å². The Kier molecular flexibility index (Phi) is 2.68. The van der Waals surface area contributed by atoms with Gasteiger partial charge in [-0.05, 0) is 20.4 Å². The van der Waals surface area contributed by atoms with Gasteiger partial charge in [-0.1, -0.05) is 6.92 Å². The predicted octanol–water partition coefficient (Wildman–Crippen LogP) is 0.494. The topological polar surface area (TPSA) is 66.8 Å². The number of rotatable bonds is 2. The zero-order valence-corrected chi connectivity index (χ0v) is 8.84. The second-order valence-electron chi connectivity index (χ2n) is 3.68. The summed E-state index contributed by atoms with van der Waals surface area (Å²) in [6.45, 7) is 4.33. The molecule has 1 aliphatic rings. The minimum absolute atomic E-state index is 0.0828. The van der Waals surface area contributed by atoms with Gasteiger partial charge in [0, 0.05) is 12.5 Å². The normalized spacial score (nSPS) is 36.8. The minimum atomic E-state index is -4.37. The summed E-state index contributed by atoms with van der Waals surface area (Å²) in [5.41, 5.74) is -0.909. The van der Waals surface area contributed by atoms with Gasteiger partial charge in [0.25, 0.3) is 0 Å². The van der Waals surface area contributed by atoms with E-state index in [1.807, 2.05) is 6.92 Å². The van der Waals surface area contributed by atoms with Crippen LogP contribution in [-0.2, 0) is 14.6 Å². The van der Waals surface area contributed by atoms with Crippen molar-refractivity contribution in [1.29, 1.82) is 0 Å². The van der Waals surface area contributed by atoms with Gasteiger partial charge in [-0.2, -0.15) is 8.42 Å². The number of nitrogens with zero attached hydrogens (tertiary/aromatic N) is 1. The molecule has 0 bridgehead atoms. The highest BCUT2D eigenvalue weighted by Gasteiger charge is 2.44. The molecule has 1 aliphatic heterocycles. The van der Waals surface area contributed by atoms with Crippen LogP contribution in [0.5, 0.6) is 0 Å². The molecule has 13 heavy (non-hydrogen) atoms. The van der Waals surface area contributed by atoms with Gasteiger partial charge in [-0.25, -0.2) is 4.18 Å². The summed E-state index contributed by atoms with van der Waals surface area (Å²) in [5, 5.41) is 0. The Balaban J connectivity index is 2.86. The Labute approximate surface area is 78.6 Å². The van der Waals surface area contributed by atoms with Crippen LogP contribution < -0.4 is 0 Å². The van der Waals surface area contributed by atoms with Crippen molar-refractivity contribution < 1.29 is 17.2 Å². The molecular weight excluding hydrogens is 194 g/mol. The quantitative estimate of drug-likeness (QED) is 0.670. The van der Waals surface area contributed by atoms with Gasteiger partial charge in [-0.3, -0.25) is 9.45 Å².